The van der Waals surface area contributed by atoms with Crippen LogP contribution in [0.1, 0.15) is 61.7 Å². The number of benzene rings is 1. The Morgan fingerprint density at radius 3 is 2.54 bits per heavy atom. The number of nitrogens with two attached hydrogens (primary N) is 1. The standard InChI is InChI=1S/C20H28N2O4/c21-17-9-8-15(20(24)26-16-6-2-3-7-16)14-18(17)25-13-10-19(23)22-11-4-1-5-12-22/h8-9,14,16H,1-7,10-13,21H2. The van der Waals surface area contributed by atoms with Crippen LogP contribution >= 0.6 is 0 Å². The molecule has 6 nitrogen and oxygen atoms in total. The lowest BCUT2D eigenvalue weighted by Gasteiger charge is -2.26. The summed E-state index contributed by atoms with van der Waals surface area (Å²) in [5.74, 6) is 0.198. The molecule has 0 aromatic heterocycles. The van der Waals surface area contributed by atoms with Gasteiger partial charge in [0.05, 0.1) is 24.3 Å². The zero-order valence-electron chi connectivity index (χ0n) is 15.2. The first-order valence-corrected chi connectivity index (χ1v) is 9.64. The number of carbonyl (C=O) groups excluding carboxylic acids is 2. The quantitative estimate of drug-likeness (QED) is 0.622. The van der Waals surface area contributed by atoms with Crippen molar-refractivity contribution in [1.29, 1.82) is 0 Å². The van der Waals surface area contributed by atoms with Crippen LogP contribution in [0.4, 0.5) is 5.69 Å². The molecule has 2 fully saturated rings. The first-order valence-electron chi connectivity index (χ1n) is 9.64. The van der Waals surface area contributed by atoms with E-state index in [9.17, 15) is 9.59 Å². The molecule has 1 aliphatic carbocycles. The highest BCUT2D eigenvalue weighted by Crippen LogP contribution is 2.26. The largest absolute Gasteiger partial charge is 0.491 e. The average Bonchev–Trinajstić information content (AvgIpc) is 3.16. The maximum absolute atomic E-state index is 12.3. The molecule has 3 rings (SSSR count). The van der Waals surface area contributed by atoms with E-state index in [4.69, 9.17) is 15.2 Å². The van der Waals surface area contributed by atoms with E-state index in [1.165, 1.54) is 6.42 Å². The minimum atomic E-state index is -0.342. The number of nitrogen functional groups attached to an aromatic ring is 1. The van der Waals surface area contributed by atoms with Gasteiger partial charge in [-0.2, -0.15) is 0 Å². The van der Waals surface area contributed by atoms with Crippen LogP contribution < -0.4 is 10.5 Å². The van der Waals surface area contributed by atoms with Crippen molar-refractivity contribution in [2.45, 2.75) is 57.5 Å². The zero-order chi connectivity index (χ0) is 18.4. The summed E-state index contributed by atoms with van der Waals surface area (Å²) in [5, 5.41) is 0. The van der Waals surface area contributed by atoms with Crippen LogP contribution in [0.2, 0.25) is 0 Å². The molecule has 1 amide bonds. The fraction of sp³-hybridized carbons (Fsp3) is 0.600. The van der Waals surface area contributed by atoms with Crippen molar-refractivity contribution in [1.82, 2.24) is 4.90 Å². The van der Waals surface area contributed by atoms with Gasteiger partial charge < -0.3 is 20.1 Å². The Labute approximate surface area is 154 Å². The third-order valence-electron chi connectivity index (χ3n) is 5.11. The lowest BCUT2D eigenvalue weighted by molar-refractivity contribution is -0.132. The van der Waals surface area contributed by atoms with Gasteiger partial charge in [0.25, 0.3) is 0 Å². The zero-order valence-corrected chi connectivity index (χ0v) is 15.2. The molecule has 2 aliphatic rings. The minimum absolute atomic E-state index is 0.0200. The van der Waals surface area contributed by atoms with E-state index in [0.717, 1.165) is 51.6 Å². The van der Waals surface area contributed by atoms with Gasteiger partial charge >= 0.3 is 5.97 Å². The van der Waals surface area contributed by atoms with Crippen LogP contribution in [0, 0.1) is 0 Å². The van der Waals surface area contributed by atoms with Crippen LogP contribution in [0.15, 0.2) is 18.2 Å². The van der Waals surface area contributed by atoms with Crippen molar-refractivity contribution in [2.75, 3.05) is 25.4 Å². The number of carbonyl (C=O) groups is 2. The van der Waals surface area contributed by atoms with Gasteiger partial charge in [0.2, 0.25) is 5.91 Å². The number of anilines is 1. The molecule has 1 aromatic rings. The van der Waals surface area contributed by atoms with E-state index >= 15 is 0 Å². The number of esters is 1. The molecular formula is C20H28N2O4. The van der Waals surface area contributed by atoms with Gasteiger partial charge in [-0.1, -0.05) is 0 Å². The van der Waals surface area contributed by atoms with Gasteiger partial charge in [-0.3, -0.25) is 4.79 Å². The Morgan fingerprint density at radius 1 is 1.08 bits per heavy atom. The average molecular weight is 360 g/mol. The van der Waals surface area contributed by atoms with Gasteiger partial charge in [0, 0.05) is 13.1 Å². The molecule has 1 saturated heterocycles. The highest BCUT2D eigenvalue weighted by atomic mass is 16.5. The summed E-state index contributed by atoms with van der Waals surface area (Å²) >= 11 is 0. The molecule has 0 spiro atoms. The van der Waals surface area contributed by atoms with Crippen molar-refractivity contribution in [3.63, 3.8) is 0 Å². The molecule has 2 N–H and O–H groups in total. The van der Waals surface area contributed by atoms with Crippen molar-refractivity contribution in [3.05, 3.63) is 23.8 Å². The topological polar surface area (TPSA) is 81.9 Å². The smallest absolute Gasteiger partial charge is 0.338 e. The summed E-state index contributed by atoms with van der Waals surface area (Å²) in [7, 11) is 0. The molecule has 1 saturated carbocycles. The van der Waals surface area contributed by atoms with Crippen molar-refractivity contribution in [2.24, 2.45) is 0 Å². The Kier molecular flexibility index (Phi) is 6.36. The molecule has 6 heteroatoms. The summed E-state index contributed by atoms with van der Waals surface area (Å²) in [4.78, 5) is 26.4. The van der Waals surface area contributed by atoms with Crippen LogP contribution in [-0.2, 0) is 9.53 Å². The van der Waals surface area contributed by atoms with E-state index in [2.05, 4.69) is 0 Å². The lowest BCUT2D eigenvalue weighted by Crippen LogP contribution is -2.36. The van der Waals surface area contributed by atoms with Gasteiger partial charge in [-0.05, 0) is 63.1 Å². The Morgan fingerprint density at radius 2 is 1.81 bits per heavy atom. The summed E-state index contributed by atoms with van der Waals surface area (Å²) in [6.45, 7) is 1.92. The van der Waals surface area contributed by atoms with Crippen molar-refractivity contribution < 1.29 is 19.1 Å². The van der Waals surface area contributed by atoms with E-state index in [1.807, 2.05) is 4.90 Å². The number of hydrogen-bond acceptors (Lipinski definition) is 5. The summed E-state index contributed by atoms with van der Waals surface area (Å²) in [5.41, 5.74) is 6.83. The first-order chi connectivity index (χ1) is 12.6. The molecule has 1 aromatic carbocycles. The molecule has 142 valence electrons. The first kappa shape index (κ1) is 18.5. The third-order valence-corrected chi connectivity index (χ3v) is 5.11. The maximum Gasteiger partial charge on any atom is 0.338 e. The molecule has 1 aliphatic heterocycles. The van der Waals surface area contributed by atoms with Crippen LogP contribution in [0.5, 0.6) is 5.75 Å². The molecule has 0 bridgehead atoms. The molecule has 0 unspecified atom stereocenters. The number of piperidine rings is 1. The van der Waals surface area contributed by atoms with Crippen molar-refractivity contribution in [3.8, 4) is 5.75 Å². The molecular weight excluding hydrogens is 332 g/mol. The Bertz CT molecular complexity index is 635. The summed E-state index contributed by atoms with van der Waals surface area (Å²) in [6, 6.07) is 4.91. The monoisotopic (exact) mass is 360 g/mol. The second kappa shape index (κ2) is 8.92. The fourth-order valence-electron chi connectivity index (χ4n) is 3.56. The maximum atomic E-state index is 12.3. The van der Waals surface area contributed by atoms with E-state index in [1.54, 1.807) is 18.2 Å². The number of rotatable bonds is 6. The second-order valence-electron chi connectivity index (χ2n) is 7.10. The van der Waals surface area contributed by atoms with Crippen LogP contribution in [0.25, 0.3) is 0 Å². The fourth-order valence-corrected chi connectivity index (χ4v) is 3.56. The summed E-state index contributed by atoms with van der Waals surface area (Å²) in [6.07, 6.45) is 7.77. The number of likely N-dealkylation sites (tertiary alicyclic amines) is 1. The normalized spacial score (nSPS) is 17.9. The Hall–Kier alpha value is -2.24. The number of amides is 1. The van der Waals surface area contributed by atoms with Crippen molar-refractivity contribution >= 4 is 17.6 Å². The van der Waals surface area contributed by atoms with Crippen LogP contribution in [-0.4, -0.2) is 42.6 Å². The van der Waals surface area contributed by atoms with Gasteiger partial charge in [-0.15, -0.1) is 0 Å². The lowest BCUT2D eigenvalue weighted by atomic mass is 10.1. The second-order valence-corrected chi connectivity index (χ2v) is 7.10. The van der Waals surface area contributed by atoms with E-state index in [-0.39, 0.29) is 24.6 Å². The number of ether oxygens (including phenoxy) is 2. The molecule has 0 radical (unpaired) electrons. The van der Waals surface area contributed by atoms with Gasteiger partial charge in [0.15, 0.2) is 0 Å². The highest BCUT2D eigenvalue weighted by molar-refractivity contribution is 5.90. The minimum Gasteiger partial charge on any atom is -0.491 e. The molecule has 26 heavy (non-hydrogen) atoms. The molecule has 0 atom stereocenters. The predicted molar refractivity (Wildman–Crippen MR) is 99.1 cm³/mol. The Balaban J connectivity index is 1.52. The molecule has 1 heterocycles. The third kappa shape index (κ3) is 4.90. The number of hydrogen-bond donors (Lipinski definition) is 1. The predicted octanol–water partition coefficient (Wildman–Crippen LogP) is 3.15. The van der Waals surface area contributed by atoms with Gasteiger partial charge in [-0.25, -0.2) is 4.79 Å². The SMILES string of the molecule is Nc1ccc(C(=O)OC2CCCC2)cc1OCCC(=O)N1CCCCC1. The van der Waals surface area contributed by atoms with E-state index in [0.29, 0.717) is 23.4 Å². The number of nitrogens with zero attached hydrogens (tertiary/aromatic N) is 1. The van der Waals surface area contributed by atoms with E-state index < -0.39 is 0 Å². The van der Waals surface area contributed by atoms with Gasteiger partial charge in [0.1, 0.15) is 11.9 Å². The van der Waals surface area contributed by atoms with Crippen LogP contribution in [0.3, 0.4) is 0 Å². The summed E-state index contributed by atoms with van der Waals surface area (Å²) < 4.78 is 11.2. The highest BCUT2D eigenvalue weighted by Gasteiger charge is 2.21.